The highest BCUT2D eigenvalue weighted by Gasteiger charge is 2.02. The monoisotopic (exact) mass is 259 g/mol. The van der Waals surface area contributed by atoms with E-state index in [0.717, 1.165) is 30.9 Å². The van der Waals surface area contributed by atoms with E-state index in [0.29, 0.717) is 6.04 Å². The van der Waals surface area contributed by atoms with Gasteiger partial charge in [0.15, 0.2) is 5.82 Å². The molecule has 0 aliphatic carbocycles. The molecule has 2 aromatic heterocycles. The molecule has 0 saturated carbocycles. The molecule has 0 atom stereocenters. The van der Waals surface area contributed by atoms with Crippen molar-refractivity contribution >= 4 is 0 Å². The highest BCUT2D eigenvalue weighted by atomic mass is 15.3. The van der Waals surface area contributed by atoms with Gasteiger partial charge in [0.05, 0.1) is 11.9 Å². The van der Waals surface area contributed by atoms with E-state index in [1.807, 2.05) is 31.5 Å². The number of rotatable bonds is 6. The van der Waals surface area contributed by atoms with Gasteiger partial charge in [-0.1, -0.05) is 13.8 Å². The SMILES string of the molecule is Cc1ccc(-n2cc(CCCNC(C)C)cn2)nn1. The van der Waals surface area contributed by atoms with Crippen molar-refractivity contribution in [2.24, 2.45) is 0 Å². The topological polar surface area (TPSA) is 55.6 Å². The van der Waals surface area contributed by atoms with E-state index in [1.54, 1.807) is 4.68 Å². The van der Waals surface area contributed by atoms with E-state index in [4.69, 9.17) is 0 Å². The van der Waals surface area contributed by atoms with Crippen molar-refractivity contribution in [2.45, 2.75) is 39.7 Å². The predicted molar refractivity (Wildman–Crippen MR) is 75.4 cm³/mol. The van der Waals surface area contributed by atoms with Crippen LogP contribution in [0.15, 0.2) is 24.5 Å². The number of hydrogen-bond acceptors (Lipinski definition) is 4. The normalized spacial score (nSPS) is 11.2. The van der Waals surface area contributed by atoms with Gasteiger partial charge in [-0.25, -0.2) is 4.68 Å². The van der Waals surface area contributed by atoms with Crippen molar-refractivity contribution < 1.29 is 0 Å². The third kappa shape index (κ3) is 4.13. The third-order valence-electron chi connectivity index (χ3n) is 2.85. The van der Waals surface area contributed by atoms with Crippen LogP contribution in [0.4, 0.5) is 0 Å². The molecule has 102 valence electrons. The largest absolute Gasteiger partial charge is 0.315 e. The molecule has 0 bridgehead atoms. The van der Waals surface area contributed by atoms with Gasteiger partial charge in [0, 0.05) is 12.2 Å². The molecule has 2 rings (SSSR count). The summed E-state index contributed by atoms with van der Waals surface area (Å²) >= 11 is 0. The molecule has 5 nitrogen and oxygen atoms in total. The molecule has 19 heavy (non-hydrogen) atoms. The Bertz CT molecular complexity index is 501. The molecule has 0 fully saturated rings. The first-order valence-electron chi connectivity index (χ1n) is 6.73. The van der Waals surface area contributed by atoms with Crippen LogP contribution in [0.5, 0.6) is 0 Å². The van der Waals surface area contributed by atoms with Gasteiger partial charge in [-0.05, 0) is 44.0 Å². The van der Waals surface area contributed by atoms with E-state index >= 15 is 0 Å². The molecule has 2 heterocycles. The van der Waals surface area contributed by atoms with E-state index in [-0.39, 0.29) is 0 Å². The zero-order valence-electron chi connectivity index (χ0n) is 11.8. The quantitative estimate of drug-likeness (QED) is 0.805. The van der Waals surface area contributed by atoms with Crippen molar-refractivity contribution in [3.8, 4) is 5.82 Å². The van der Waals surface area contributed by atoms with Gasteiger partial charge in [0.1, 0.15) is 0 Å². The van der Waals surface area contributed by atoms with E-state index in [1.165, 1.54) is 5.56 Å². The van der Waals surface area contributed by atoms with Crippen LogP contribution in [0.1, 0.15) is 31.5 Å². The van der Waals surface area contributed by atoms with Gasteiger partial charge in [0.2, 0.25) is 0 Å². The summed E-state index contributed by atoms with van der Waals surface area (Å²) in [4.78, 5) is 0. The maximum Gasteiger partial charge on any atom is 0.175 e. The Labute approximate surface area is 114 Å². The van der Waals surface area contributed by atoms with Crippen LogP contribution in [-0.4, -0.2) is 32.6 Å². The van der Waals surface area contributed by atoms with E-state index < -0.39 is 0 Å². The fourth-order valence-corrected chi connectivity index (χ4v) is 1.81. The van der Waals surface area contributed by atoms with Crippen LogP contribution >= 0.6 is 0 Å². The standard InChI is InChI=1S/C14H21N5/c1-11(2)15-8-4-5-13-9-16-19(10-13)14-7-6-12(3)17-18-14/h6-7,9-11,15H,4-5,8H2,1-3H3. The molecule has 0 aliphatic heterocycles. The first kappa shape index (κ1) is 13.7. The minimum absolute atomic E-state index is 0.547. The average Bonchev–Trinajstić information content (AvgIpc) is 2.84. The Hall–Kier alpha value is -1.75. The highest BCUT2D eigenvalue weighted by Crippen LogP contribution is 2.06. The second-order valence-electron chi connectivity index (χ2n) is 5.04. The van der Waals surface area contributed by atoms with Crippen molar-refractivity contribution in [1.29, 1.82) is 0 Å². The minimum atomic E-state index is 0.547. The van der Waals surface area contributed by atoms with Crippen molar-refractivity contribution in [2.75, 3.05) is 6.54 Å². The Morgan fingerprint density at radius 2 is 2.11 bits per heavy atom. The lowest BCUT2D eigenvalue weighted by atomic mass is 10.2. The second-order valence-corrected chi connectivity index (χ2v) is 5.04. The smallest absolute Gasteiger partial charge is 0.175 e. The van der Waals surface area contributed by atoms with Gasteiger partial charge in [-0.15, -0.1) is 5.10 Å². The van der Waals surface area contributed by atoms with Gasteiger partial charge >= 0.3 is 0 Å². The fourth-order valence-electron chi connectivity index (χ4n) is 1.81. The maximum absolute atomic E-state index is 4.32. The number of aromatic nitrogens is 4. The third-order valence-corrected chi connectivity index (χ3v) is 2.85. The summed E-state index contributed by atoms with van der Waals surface area (Å²) in [6.45, 7) is 7.28. The van der Waals surface area contributed by atoms with Crippen LogP contribution in [0.2, 0.25) is 0 Å². The molecule has 1 N–H and O–H groups in total. The van der Waals surface area contributed by atoms with Gasteiger partial charge < -0.3 is 5.32 Å². The van der Waals surface area contributed by atoms with Gasteiger partial charge in [0.25, 0.3) is 0 Å². The van der Waals surface area contributed by atoms with Crippen LogP contribution in [0.3, 0.4) is 0 Å². The minimum Gasteiger partial charge on any atom is -0.315 e. The fraction of sp³-hybridized carbons (Fsp3) is 0.500. The number of hydrogen-bond donors (Lipinski definition) is 1. The zero-order chi connectivity index (χ0) is 13.7. The molecule has 0 unspecified atom stereocenters. The summed E-state index contributed by atoms with van der Waals surface area (Å²) in [6, 6.07) is 4.42. The molecular weight excluding hydrogens is 238 g/mol. The summed E-state index contributed by atoms with van der Waals surface area (Å²) in [5.41, 5.74) is 2.14. The van der Waals surface area contributed by atoms with E-state index in [9.17, 15) is 0 Å². The van der Waals surface area contributed by atoms with Crippen LogP contribution in [-0.2, 0) is 6.42 Å². The Morgan fingerprint density at radius 1 is 1.26 bits per heavy atom. The first-order valence-corrected chi connectivity index (χ1v) is 6.73. The molecular formula is C14H21N5. The molecule has 2 aromatic rings. The lowest BCUT2D eigenvalue weighted by Gasteiger charge is -2.06. The second kappa shape index (κ2) is 6.43. The van der Waals surface area contributed by atoms with Gasteiger partial charge in [-0.2, -0.15) is 10.2 Å². The van der Waals surface area contributed by atoms with Crippen LogP contribution < -0.4 is 5.32 Å². The van der Waals surface area contributed by atoms with Crippen molar-refractivity contribution in [1.82, 2.24) is 25.3 Å². The molecule has 0 spiro atoms. The Kier molecular flexibility index (Phi) is 4.63. The Balaban J connectivity index is 1.90. The highest BCUT2D eigenvalue weighted by molar-refractivity contribution is 5.22. The summed E-state index contributed by atoms with van der Waals surface area (Å²) in [5, 5.41) is 15.9. The summed E-state index contributed by atoms with van der Waals surface area (Å²) in [7, 11) is 0. The number of nitrogens with one attached hydrogen (secondary N) is 1. The summed E-state index contributed by atoms with van der Waals surface area (Å²) < 4.78 is 1.78. The number of nitrogens with zero attached hydrogens (tertiary/aromatic N) is 4. The van der Waals surface area contributed by atoms with Crippen LogP contribution in [0, 0.1) is 6.92 Å². The molecule has 0 saturated heterocycles. The van der Waals surface area contributed by atoms with E-state index in [2.05, 4.69) is 34.5 Å². The molecule has 0 aliphatic rings. The average molecular weight is 259 g/mol. The Morgan fingerprint density at radius 3 is 2.79 bits per heavy atom. The van der Waals surface area contributed by atoms with Crippen molar-refractivity contribution in [3.63, 3.8) is 0 Å². The van der Waals surface area contributed by atoms with Crippen molar-refractivity contribution in [3.05, 3.63) is 35.8 Å². The van der Waals surface area contributed by atoms with Gasteiger partial charge in [-0.3, -0.25) is 0 Å². The molecule has 5 heteroatoms. The summed E-state index contributed by atoms with van der Waals surface area (Å²) in [5.74, 6) is 0.761. The molecule has 0 amide bonds. The predicted octanol–water partition coefficient (Wildman–Crippen LogP) is 1.90. The first-order chi connectivity index (χ1) is 9.15. The molecule has 0 radical (unpaired) electrons. The lowest BCUT2D eigenvalue weighted by Crippen LogP contribution is -2.23. The lowest BCUT2D eigenvalue weighted by molar-refractivity contribution is 0.570. The zero-order valence-corrected chi connectivity index (χ0v) is 11.8. The summed E-state index contributed by atoms with van der Waals surface area (Å²) in [6.07, 6.45) is 6.06. The maximum atomic E-state index is 4.32. The number of aryl methyl sites for hydroxylation is 2. The molecule has 0 aromatic carbocycles. The van der Waals surface area contributed by atoms with Crippen LogP contribution in [0.25, 0.3) is 5.82 Å².